The molecule has 0 radical (unpaired) electrons. The molecule has 1 aliphatic heterocycles. The third kappa shape index (κ3) is 2.47. The van der Waals surface area contributed by atoms with Gasteiger partial charge in [0.15, 0.2) is 0 Å². The molecule has 3 heterocycles. The standard InChI is InChI=1S/C33H23NS/c1-33(2)28-9-5-8-25-27-19-23(14-15-30(27)34(31(25)28)32-29(33)16-17-35-32)22-13-12-21-11-10-20-6-3-4-7-24(20)26(21)18-22/h3-19H,1-2H3. The zero-order valence-electron chi connectivity index (χ0n) is 19.7. The highest BCUT2D eigenvalue weighted by atomic mass is 32.1. The van der Waals surface area contributed by atoms with Crippen molar-refractivity contribution in [1.82, 2.24) is 4.57 Å². The van der Waals surface area contributed by atoms with Crippen molar-refractivity contribution in [2.24, 2.45) is 0 Å². The van der Waals surface area contributed by atoms with E-state index in [2.05, 4.69) is 121 Å². The highest BCUT2D eigenvalue weighted by Crippen LogP contribution is 2.49. The number of nitrogens with zero attached hydrogens (tertiary/aromatic N) is 1. The third-order valence-electron chi connectivity index (χ3n) is 8.06. The second-order valence-electron chi connectivity index (χ2n) is 10.3. The number of rotatable bonds is 1. The summed E-state index contributed by atoms with van der Waals surface area (Å²) in [5.41, 5.74) is 8.02. The summed E-state index contributed by atoms with van der Waals surface area (Å²) in [6.45, 7) is 4.72. The summed E-state index contributed by atoms with van der Waals surface area (Å²) in [6.07, 6.45) is 0. The molecule has 0 saturated carbocycles. The van der Waals surface area contributed by atoms with E-state index in [1.54, 1.807) is 0 Å². The largest absolute Gasteiger partial charge is 0.300 e. The van der Waals surface area contributed by atoms with Crippen LogP contribution in [0.2, 0.25) is 0 Å². The molecule has 0 saturated heterocycles. The van der Waals surface area contributed by atoms with E-state index in [0.29, 0.717) is 0 Å². The summed E-state index contributed by atoms with van der Waals surface area (Å²) in [5, 5.41) is 11.5. The van der Waals surface area contributed by atoms with Crippen molar-refractivity contribution in [3.05, 3.63) is 114 Å². The molecule has 0 unspecified atom stereocenters. The first-order chi connectivity index (χ1) is 17.1. The van der Waals surface area contributed by atoms with Gasteiger partial charge in [0.05, 0.1) is 11.0 Å². The number of hydrogen-bond donors (Lipinski definition) is 0. The van der Waals surface area contributed by atoms with Gasteiger partial charge in [0.1, 0.15) is 5.00 Å². The molecule has 35 heavy (non-hydrogen) atoms. The van der Waals surface area contributed by atoms with Gasteiger partial charge in [-0.25, -0.2) is 0 Å². The van der Waals surface area contributed by atoms with Crippen LogP contribution in [0.5, 0.6) is 0 Å². The minimum Gasteiger partial charge on any atom is -0.300 e. The SMILES string of the molecule is CC1(C)c2ccsc2-n2c3ccc(-c4ccc5ccc6ccccc6c5c4)cc3c3cccc1c32. The fourth-order valence-corrected chi connectivity index (χ4v) is 7.32. The first-order valence-electron chi connectivity index (χ1n) is 12.2. The van der Waals surface area contributed by atoms with Crippen molar-refractivity contribution >= 4 is 54.7 Å². The van der Waals surface area contributed by atoms with Gasteiger partial charge in [-0.2, -0.15) is 0 Å². The van der Waals surface area contributed by atoms with E-state index in [0.717, 1.165) is 0 Å². The fourth-order valence-electron chi connectivity index (χ4n) is 6.24. The van der Waals surface area contributed by atoms with Gasteiger partial charge in [-0.1, -0.05) is 86.6 Å². The maximum absolute atomic E-state index is 2.50. The Balaban J connectivity index is 1.42. The van der Waals surface area contributed by atoms with Crippen LogP contribution in [0.15, 0.2) is 102 Å². The van der Waals surface area contributed by atoms with Crippen LogP contribution in [0.25, 0.3) is 59.5 Å². The third-order valence-corrected chi connectivity index (χ3v) is 8.96. The van der Waals surface area contributed by atoms with Gasteiger partial charge in [0.25, 0.3) is 0 Å². The number of thiophene rings is 1. The molecule has 5 aromatic carbocycles. The molecule has 0 fully saturated rings. The predicted octanol–water partition coefficient (Wildman–Crippen LogP) is 9.46. The van der Waals surface area contributed by atoms with Crippen molar-refractivity contribution in [3.63, 3.8) is 0 Å². The Morgan fingerprint density at radius 3 is 2.20 bits per heavy atom. The maximum atomic E-state index is 2.50. The quantitative estimate of drug-likeness (QED) is 0.213. The van der Waals surface area contributed by atoms with E-state index in [9.17, 15) is 0 Å². The molecular formula is C33H23NS. The van der Waals surface area contributed by atoms with E-state index < -0.39 is 0 Å². The highest BCUT2D eigenvalue weighted by Gasteiger charge is 2.35. The second kappa shape index (κ2) is 6.62. The van der Waals surface area contributed by atoms with Crippen molar-refractivity contribution < 1.29 is 0 Å². The van der Waals surface area contributed by atoms with Crippen molar-refractivity contribution in [1.29, 1.82) is 0 Å². The van der Waals surface area contributed by atoms with E-state index in [4.69, 9.17) is 0 Å². The maximum Gasteiger partial charge on any atom is 0.104 e. The summed E-state index contributed by atoms with van der Waals surface area (Å²) in [7, 11) is 0. The molecule has 1 aliphatic rings. The monoisotopic (exact) mass is 465 g/mol. The summed E-state index contributed by atoms with van der Waals surface area (Å²) in [6, 6.07) is 36.2. The van der Waals surface area contributed by atoms with Crippen LogP contribution < -0.4 is 0 Å². The lowest BCUT2D eigenvalue weighted by molar-refractivity contribution is 0.635. The van der Waals surface area contributed by atoms with Crippen LogP contribution in [0.1, 0.15) is 25.0 Å². The van der Waals surface area contributed by atoms with Gasteiger partial charge in [-0.05, 0) is 73.4 Å². The lowest BCUT2D eigenvalue weighted by Gasteiger charge is -2.32. The van der Waals surface area contributed by atoms with Gasteiger partial charge in [-0.3, -0.25) is 0 Å². The van der Waals surface area contributed by atoms with Crippen molar-refractivity contribution in [2.45, 2.75) is 19.3 Å². The number of hydrogen-bond acceptors (Lipinski definition) is 1. The fraction of sp³-hybridized carbons (Fsp3) is 0.0909. The number of para-hydroxylation sites is 1. The second-order valence-corrected chi connectivity index (χ2v) is 11.2. The molecule has 0 atom stereocenters. The Morgan fingerprint density at radius 2 is 1.31 bits per heavy atom. The smallest absolute Gasteiger partial charge is 0.104 e. The molecule has 2 heteroatoms. The average Bonchev–Trinajstić information content (AvgIpc) is 3.51. The molecule has 0 amide bonds. The zero-order chi connectivity index (χ0) is 23.3. The van der Waals surface area contributed by atoms with Crippen molar-refractivity contribution in [2.75, 3.05) is 0 Å². The summed E-state index contributed by atoms with van der Waals surface area (Å²) in [4.78, 5) is 0. The Bertz CT molecular complexity index is 1980. The molecule has 7 aromatic rings. The van der Waals surface area contributed by atoms with Crippen LogP contribution in [0.4, 0.5) is 0 Å². The van der Waals surface area contributed by atoms with Gasteiger partial charge in [0.2, 0.25) is 0 Å². The molecule has 0 N–H and O–H groups in total. The van der Waals surface area contributed by atoms with Crippen LogP contribution in [0.3, 0.4) is 0 Å². The zero-order valence-corrected chi connectivity index (χ0v) is 20.5. The topological polar surface area (TPSA) is 4.93 Å². The Labute approximate surface area is 207 Å². The Morgan fingerprint density at radius 1 is 0.600 bits per heavy atom. The van der Waals surface area contributed by atoms with Crippen LogP contribution >= 0.6 is 11.3 Å². The minimum absolute atomic E-state index is 0.00144. The number of fused-ring (bicyclic) bond motifs is 8. The van der Waals surface area contributed by atoms with Crippen LogP contribution in [0, 0.1) is 0 Å². The Hall–Kier alpha value is -3.88. The summed E-state index contributed by atoms with van der Waals surface area (Å²) < 4.78 is 2.50. The average molecular weight is 466 g/mol. The van der Waals surface area contributed by atoms with Crippen molar-refractivity contribution in [3.8, 4) is 16.1 Å². The molecule has 2 aromatic heterocycles. The number of aromatic nitrogens is 1. The lowest BCUT2D eigenvalue weighted by Crippen LogP contribution is -2.24. The van der Waals surface area contributed by atoms with Gasteiger partial charge >= 0.3 is 0 Å². The molecule has 8 rings (SSSR count). The Kier molecular flexibility index (Phi) is 3.67. The lowest BCUT2D eigenvalue weighted by atomic mass is 9.76. The van der Waals surface area contributed by atoms with Gasteiger partial charge in [0, 0.05) is 16.2 Å². The predicted molar refractivity (Wildman–Crippen MR) is 151 cm³/mol. The normalized spacial score (nSPS) is 14.2. The molecule has 1 nitrogen and oxygen atoms in total. The first-order valence-corrected chi connectivity index (χ1v) is 13.1. The van der Waals surface area contributed by atoms with Gasteiger partial charge < -0.3 is 4.57 Å². The molecule has 0 bridgehead atoms. The van der Waals surface area contributed by atoms with E-state index in [-0.39, 0.29) is 5.41 Å². The summed E-state index contributed by atoms with van der Waals surface area (Å²) in [5.74, 6) is 0. The molecule has 0 spiro atoms. The van der Waals surface area contributed by atoms with E-state index in [1.165, 1.54) is 70.6 Å². The summed E-state index contributed by atoms with van der Waals surface area (Å²) >= 11 is 1.85. The first kappa shape index (κ1) is 19.4. The van der Waals surface area contributed by atoms with Crippen LogP contribution in [-0.4, -0.2) is 4.57 Å². The molecule has 166 valence electrons. The van der Waals surface area contributed by atoms with E-state index in [1.807, 2.05) is 11.3 Å². The molecule has 0 aliphatic carbocycles. The van der Waals surface area contributed by atoms with Crippen LogP contribution in [-0.2, 0) is 5.41 Å². The highest BCUT2D eigenvalue weighted by molar-refractivity contribution is 7.12. The number of benzene rings is 5. The minimum atomic E-state index is 0.00144. The van der Waals surface area contributed by atoms with Gasteiger partial charge in [-0.15, -0.1) is 11.3 Å². The molecular weight excluding hydrogens is 442 g/mol. The van der Waals surface area contributed by atoms with E-state index >= 15 is 0 Å².